The second-order valence-electron chi connectivity index (χ2n) is 5.62. The van der Waals surface area contributed by atoms with E-state index in [2.05, 4.69) is 40.1 Å². The number of pyridine rings is 1. The second-order valence-corrected chi connectivity index (χ2v) is 5.62. The minimum absolute atomic E-state index is 0.320. The first-order valence-corrected chi connectivity index (χ1v) is 7.13. The first-order chi connectivity index (χ1) is 9.58. The van der Waals surface area contributed by atoms with Gasteiger partial charge in [-0.25, -0.2) is 4.98 Å². The van der Waals surface area contributed by atoms with E-state index in [1.807, 2.05) is 19.1 Å². The highest BCUT2D eigenvalue weighted by Gasteiger charge is 2.16. The van der Waals surface area contributed by atoms with Crippen molar-refractivity contribution in [2.45, 2.75) is 19.9 Å². The largest absolute Gasteiger partial charge is 0.366 e. The first-order valence-electron chi connectivity index (χ1n) is 7.13. The lowest BCUT2D eigenvalue weighted by atomic mass is 10.2. The molecule has 1 fully saturated rings. The summed E-state index contributed by atoms with van der Waals surface area (Å²) in [4.78, 5) is 9.16. The van der Waals surface area contributed by atoms with Crippen LogP contribution >= 0.6 is 0 Å². The third kappa shape index (κ3) is 3.92. The van der Waals surface area contributed by atoms with Crippen LogP contribution in [0, 0.1) is 18.3 Å². The van der Waals surface area contributed by atoms with E-state index < -0.39 is 0 Å². The summed E-state index contributed by atoms with van der Waals surface area (Å²) in [5.41, 5.74) is 1.42. The van der Waals surface area contributed by atoms with Crippen LogP contribution in [0.2, 0.25) is 0 Å². The van der Waals surface area contributed by atoms with Gasteiger partial charge in [0.25, 0.3) is 0 Å². The number of anilines is 1. The highest BCUT2D eigenvalue weighted by molar-refractivity contribution is 5.43. The Morgan fingerprint density at radius 1 is 1.35 bits per heavy atom. The van der Waals surface area contributed by atoms with Crippen molar-refractivity contribution in [2.75, 3.05) is 45.1 Å². The number of hydrogen-bond donors (Lipinski definition) is 1. The Bertz CT molecular complexity index is 486. The number of aromatic nitrogens is 1. The zero-order valence-corrected chi connectivity index (χ0v) is 12.6. The summed E-state index contributed by atoms with van der Waals surface area (Å²) in [5, 5.41) is 12.4. The molecule has 1 aliphatic rings. The minimum atomic E-state index is 0.320. The van der Waals surface area contributed by atoms with E-state index in [1.165, 1.54) is 0 Å². The Morgan fingerprint density at radius 2 is 2.05 bits per heavy atom. The Labute approximate surface area is 121 Å². The fourth-order valence-corrected chi connectivity index (χ4v) is 2.44. The fourth-order valence-electron chi connectivity index (χ4n) is 2.44. The maximum absolute atomic E-state index is 9.01. The average Bonchev–Trinajstić information content (AvgIpc) is 2.43. The van der Waals surface area contributed by atoms with E-state index in [0.717, 1.165) is 44.1 Å². The van der Waals surface area contributed by atoms with Gasteiger partial charge in [0.2, 0.25) is 0 Å². The smallest absolute Gasteiger partial charge is 0.145 e. The number of hydrogen-bond acceptors (Lipinski definition) is 5. The van der Waals surface area contributed by atoms with Crippen molar-refractivity contribution in [3.8, 4) is 6.07 Å². The van der Waals surface area contributed by atoms with E-state index in [4.69, 9.17) is 5.26 Å². The highest BCUT2D eigenvalue weighted by Crippen LogP contribution is 2.11. The number of nitrogens with zero attached hydrogens (tertiary/aromatic N) is 4. The van der Waals surface area contributed by atoms with Crippen LogP contribution in [0.4, 0.5) is 5.82 Å². The molecule has 0 bridgehead atoms. The van der Waals surface area contributed by atoms with Gasteiger partial charge in [-0.2, -0.15) is 5.26 Å². The second kappa shape index (κ2) is 6.69. The molecule has 1 saturated heterocycles. The standard InChI is InChI=1S/C15H23N5/c1-12-4-5-15(18-14(12)10-16)17-13(2)11-20-8-6-19(3)7-9-20/h4-5,13H,6-9,11H2,1-3H3,(H,17,18). The Hall–Kier alpha value is -1.64. The number of aryl methyl sites for hydroxylation is 1. The van der Waals surface area contributed by atoms with Crippen LogP contribution in [0.15, 0.2) is 12.1 Å². The molecule has 0 radical (unpaired) electrons. The molecule has 1 unspecified atom stereocenters. The van der Waals surface area contributed by atoms with Gasteiger partial charge in [0, 0.05) is 38.8 Å². The molecule has 0 aromatic carbocycles. The Kier molecular flexibility index (Phi) is 4.94. The molecule has 0 aliphatic carbocycles. The summed E-state index contributed by atoms with van der Waals surface area (Å²) in [6.07, 6.45) is 0. The van der Waals surface area contributed by atoms with Gasteiger partial charge in [-0.3, -0.25) is 4.90 Å². The summed E-state index contributed by atoms with van der Waals surface area (Å²) >= 11 is 0. The molecule has 5 heteroatoms. The van der Waals surface area contributed by atoms with Crippen molar-refractivity contribution in [1.29, 1.82) is 5.26 Å². The van der Waals surface area contributed by atoms with Gasteiger partial charge in [-0.05, 0) is 32.5 Å². The molecule has 1 aromatic rings. The van der Waals surface area contributed by atoms with E-state index in [9.17, 15) is 0 Å². The number of likely N-dealkylation sites (N-methyl/N-ethyl adjacent to an activating group) is 1. The molecule has 20 heavy (non-hydrogen) atoms. The van der Waals surface area contributed by atoms with Crippen LogP contribution in [0.3, 0.4) is 0 Å². The molecule has 2 heterocycles. The lowest BCUT2D eigenvalue weighted by Crippen LogP contribution is -2.47. The maximum atomic E-state index is 9.01. The highest BCUT2D eigenvalue weighted by atomic mass is 15.3. The topological polar surface area (TPSA) is 55.2 Å². The molecule has 1 N–H and O–H groups in total. The van der Waals surface area contributed by atoms with E-state index >= 15 is 0 Å². The van der Waals surface area contributed by atoms with Crippen molar-refractivity contribution in [3.05, 3.63) is 23.4 Å². The zero-order valence-electron chi connectivity index (χ0n) is 12.6. The zero-order chi connectivity index (χ0) is 14.5. The summed E-state index contributed by atoms with van der Waals surface area (Å²) < 4.78 is 0. The molecule has 5 nitrogen and oxygen atoms in total. The molecule has 1 aliphatic heterocycles. The lowest BCUT2D eigenvalue weighted by molar-refractivity contribution is 0.151. The summed E-state index contributed by atoms with van der Waals surface area (Å²) in [5.74, 6) is 0.786. The van der Waals surface area contributed by atoms with Crippen LogP contribution in [0.5, 0.6) is 0 Å². The summed E-state index contributed by atoms with van der Waals surface area (Å²) in [6, 6.07) is 6.33. The molecule has 2 rings (SSSR count). The number of piperazine rings is 1. The van der Waals surface area contributed by atoms with E-state index in [-0.39, 0.29) is 0 Å². The van der Waals surface area contributed by atoms with Crippen molar-refractivity contribution >= 4 is 5.82 Å². The number of nitrogens with one attached hydrogen (secondary N) is 1. The van der Waals surface area contributed by atoms with Crippen LogP contribution in [-0.2, 0) is 0 Å². The lowest BCUT2D eigenvalue weighted by Gasteiger charge is -2.34. The third-order valence-electron chi connectivity index (χ3n) is 3.73. The summed E-state index contributed by atoms with van der Waals surface area (Å²) in [7, 11) is 2.17. The molecule has 0 amide bonds. The monoisotopic (exact) mass is 273 g/mol. The Balaban J connectivity index is 1.88. The number of rotatable bonds is 4. The third-order valence-corrected chi connectivity index (χ3v) is 3.73. The van der Waals surface area contributed by atoms with Crippen LogP contribution in [-0.4, -0.2) is 60.6 Å². The molecular weight excluding hydrogens is 250 g/mol. The SMILES string of the molecule is Cc1ccc(NC(C)CN2CCN(C)CC2)nc1C#N. The van der Waals surface area contributed by atoms with Crippen LogP contribution in [0.1, 0.15) is 18.2 Å². The predicted molar refractivity (Wildman–Crippen MR) is 80.7 cm³/mol. The molecule has 1 aromatic heterocycles. The molecule has 108 valence electrons. The van der Waals surface area contributed by atoms with Crippen molar-refractivity contribution < 1.29 is 0 Å². The van der Waals surface area contributed by atoms with Gasteiger partial charge in [-0.15, -0.1) is 0 Å². The van der Waals surface area contributed by atoms with Gasteiger partial charge in [0.05, 0.1) is 0 Å². The molecule has 0 spiro atoms. The molecular formula is C15H23N5. The van der Waals surface area contributed by atoms with Crippen molar-refractivity contribution in [1.82, 2.24) is 14.8 Å². The van der Waals surface area contributed by atoms with E-state index in [1.54, 1.807) is 0 Å². The van der Waals surface area contributed by atoms with Crippen molar-refractivity contribution in [3.63, 3.8) is 0 Å². The first kappa shape index (κ1) is 14.8. The maximum Gasteiger partial charge on any atom is 0.145 e. The quantitative estimate of drug-likeness (QED) is 0.896. The number of nitriles is 1. The van der Waals surface area contributed by atoms with E-state index in [0.29, 0.717) is 11.7 Å². The van der Waals surface area contributed by atoms with Gasteiger partial charge < -0.3 is 10.2 Å². The van der Waals surface area contributed by atoms with Crippen LogP contribution in [0.25, 0.3) is 0 Å². The van der Waals surface area contributed by atoms with Gasteiger partial charge in [0.15, 0.2) is 0 Å². The average molecular weight is 273 g/mol. The minimum Gasteiger partial charge on any atom is -0.366 e. The normalized spacial score (nSPS) is 18.5. The van der Waals surface area contributed by atoms with Gasteiger partial charge >= 0.3 is 0 Å². The van der Waals surface area contributed by atoms with Crippen molar-refractivity contribution in [2.24, 2.45) is 0 Å². The fraction of sp³-hybridized carbons (Fsp3) is 0.600. The molecule has 1 atom stereocenters. The van der Waals surface area contributed by atoms with Crippen LogP contribution < -0.4 is 5.32 Å². The van der Waals surface area contributed by atoms with Gasteiger partial charge in [0.1, 0.15) is 17.6 Å². The Morgan fingerprint density at radius 3 is 2.70 bits per heavy atom. The molecule has 0 saturated carbocycles. The summed E-state index contributed by atoms with van der Waals surface area (Å²) in [6.45, 7) is 9.57. The van der Waals surface area contributed by atoms with Gasteiger partial charge in [-0.1, -0.05) is 6.07 Å². The predicted octanol–water partition coefficient (Wildman–Crippen LogP) is 1.31.